The summed E-state index contributed by atoms with van der Waals surface area (Å²) in [4.78, 5) is 10.7. The first-order valence-corrected chi connectivity index (χ1v) is 11.1. The highest BCUT2D eigenvalue weighted by molar-refractivity contribution is 8.24. The molecule has 0 atom stereocenters. The van der Waals surface area contributed by atoms with Gasteiger partial charge in [0.05, 0.1) is 4.90 Å². The van der Waals surface area contributed by atoms with Crippen LogP contribution in [0.1, 0.15) is 25.5 Å². The fraction of sp³-hybridized carbons (Fsp3) is 0.364. The van der Waals surface area contributed by atoms with Crippen LogP contribution in [0.3, 0.4) is 0 Å². The zero-order valence-electron chi connectivity index (χ0n) is 11.2. The van der Waals surface area contributed by atoms with Crippen LogP contribution in [0.25, 0.3) is 0 Å². The predicted octanol–water partition coefficient (Wildman–Crippen LogP) is 4.96. The molecule has 1 rings (SSSR count). The van der Waals surface area contributed by atoms with Gasteiger partial charge in [0.2, 0.25) is 5.91 Å². The van der Waals surface area contributed by atoms with E-state index in [0.29, 0.717) is 11.3 Å². The van der Waals surface area contributed by atoms with Crippen molar-refractivity contribution in [3.8, 4) is 0 Å². The Morgan fingerprint density at radius 2 is 1.59 bits per heavy atom. The summed E-state index contributed by atoms with van der Waals surface area (Å²) in [6, 6.07) is 2.84. The van der Waals surface area contributed by atoms with E-state index >= 15 is 0 Å². The molecule has 0 saturated carbocycles. The van der Waals surface area contributed by atoms with Gasteiger partial charge in [-0.15, -0.1) is 0 Å². The molecule has 11 heteroatoms. The lowest BCUT2D eigenvalue weighted by molar-refractivity contribution is -0.114. The number of carbonyl (C=O) groups excluding carboxylic acids is 1. The third-order valence-corrected chi connectivity index (χ3v) is 3.11. The topological polar surface area (TPSA) is 101 Å². The Bertz CT molecular complexity index is 679. The van der Waals surface area contributed by atoms with E-state index in [0.717, 1.165) is 5.56 Å². The summed E-state index contributed by atoms with van der Waals surface area (Å²) in [7, 11) is -4.26. The van der Waals surface area contributed by atoms with E-state index in [-0.39, 0.29) is 18.2 Å². The minimum atomic E-state index is -4.26. The summed E-state index contributed by atoms with van der Waals surface area (Å²) in [5.74, 6) is -0.298. The molecule has 0 fully saturated rings. The van der Waals surface area contributed by atoms with Gasteiger partial charge < -0.3 is 5.32 Å². The number of amides is 1. The normalized spacial score (nSPS) is 10.9. The summed E-state index contributed by atoms with van der Waals surface area (Å²) >= 11 is 13.8. The maximum absolute atomic E-state index is 11.0. The number of halogens is 3. The van der Waals surface area contributed by atoms with E-state index in [9.17, 15) is 17.8 Å². The summed E-state index contributed by atoms with van der Waals surface area (Å²) in [5, 5.41) is -0.724. The first kappa shape index (κ1) is 24.0. The van der Waals surface area contributed by atoms with Crippen molar-refractivity contribution in [3.63, 3.8) is 0 Å². The summed E-state index contributed by atoms with van der Waals surface area (Å²) in [6.07, 6.45) is 0. The molecule has 6 nitrogen and oxygen atoms in total. The third kappa shape index (κ3) is 10.4. The largest absolute Gasteiger partial charge is 0.339 e. The van der Waals surface area contributed by atoms with Crippen LogP contribution in [-0.2, 0) is 19.5 Å². The van der Waals surface area contributed by atoms with Gasteiger partial charge >= 0.3 is 5.20 Å². The standard InChI is InChI=1S/C10H13NO4S.CH4.Cl3OP/c1-6-4-7(2)10(16(13,14)15)5-9(6)11-8(3)12;;1-5(2,3)4/h4-5H,1-3H3,(H,11,12)(H,13,14,15);1H4;. The highest BCUT2D eigenvalue weighted by atomic mass is 36.0. The zero-order valence-corrected chi connectivity index (χ0v) is 15.2. The van der Waals surface area contributed by atoms with Crippen molar-refractivity contribution in [2.45, 2.75) is 33.1 Å². The smallest absolute Gasteiger partial charge is 0.326 e. The van der Waals surface area contributed by atoms with E-state index in [1.54, 1.807) is 19.9 Å². The van der Waals surface area contributed by atoms with Gasteiger partial charge in [-0.05, 0) is 64.8 Å². The second-order valence-corrected chi connectivity index (χ2v) is 12.0. The van der Waals surface area contributed by atoms with Crippen LogP contribution in [0.15, 0.2) is 17.0 Å². The van der Waals surface area contributed by atoms with Crippen molar-refractivity contribution in [1.82, 2.24) is 0 Å². The molecular formula is C11H17Cl3NO5PS. The van der Waals surface area contributed by atoms with Crippen molar-refractivity contribution in [2.24, 2.45) is 0 Å². The van der Waals surface area contributed by atoms with Crippen molar-refractivity contribution in [2.75, 3.05) is 5.32 Å². The number of carbonyl (C=O) groups is 1. The molecule has 0 bridgehead atoms. The average molecular weight is 413 g/mol. The third-order valence-electron chi connectivity index (χ3n) is 2.11. The molecule has 0 spiro atoms. The minimum absolute atomic E-state index is 0. The predicted molar refractivity (Wildman–Crippen MR) is 91.9 cm³/mol. The van der Waals surface area contributed by atoms with E-state index < -0.39 is 15.3 Å². The Labute approximate surface area is 144 Å². The summed E-state index contributed by atoms with van der Waals surface area (Å²) < 4.78 is 40.6. The number of rotatable bonds is 2. The molecule has 1 amide bonds. The highest BCUT2D eigenvalue weighted by Gasteiger charge is 2.15. The Morgan fingerprint density at radius 1 is 1.18 bits per heavy atom. The molecule has 0 heterocycles. The number of hydrogen-bond donors (Lipinski definition) is 2. The lowest BCUT2D eigenvalue weighted by Crippen LogP contribution is -2.09. The highest BCUT2D eigenvalue weighted by Crippen LogP contribution is 2.61. The molecule has 0 aliphatic heterocycles. The molecule has 0 radical (unpaired) electrons. The van der Waals surface area contributed by atoms with Crippen LogP contribution in [-0.4, -0.2) is 18.9 Å². The molecule has 22 heavy (non-hydrogen) atoms. The van der Waals surface area contributed by atoms with Crippen LogP contribution in [0.5, 0.6) is 0 Å². The van der Waals surface area contributed by atoms with Crippen LogP contribution in [0.4, 0.5) is 5.69 Å². The molecule has 0 aromatic heterocycles. The monoisotopic (exact) mass is 411 g/mol. The molecule has 0 unspecified atom stereocenters. The summed E-state index contributed by atoms with van der Waals surface area (Å²) in [5.41, 5.74) is 1.56. The fourth-order valence-corrected chi connectivity index (χ4v) is 2.17. The van der Waals surface area contributed by atoms with E-state index in [2.05, 4.69) is 39.0 Å². The maximum Gasteiger partial charge on any atom is 0.339 e. The van der Waals surface area contributed by atoms with Crippen molar-refractivity contribution >= 4 is 60.6 Å². The quantitative estimate of drug-likeness (QED) is 0.528. The van der Waals surface area contributed by atoms with Crippen molar-refractivity contribution in [1.29, 1.82) is 0 Å². The number of anilines is 1. The fourth-order valence-electron chi connectivity index (χ4n) is 1.43. The molecule has 0 saturated heterocycles. The Kier molecular flexibility index (Phi) is 9.92. The average Bonchev–Trinajstić information content (AvgIpc) is 2.17. The minimum Gasteiger partial charge on any atom is -0.326 e. The Hall–Kier alpha value is -0.300. The number of hydrogen-bond acceptors (Lipinski definition) is 4. The molecule has 2 N–H and O–H groups in total. The first-order valence-electron chi connectivity index (χ1n) is 5.27. The number of nitrogens with one attached hydrogen (secondary N) is 1. The number of aryl methyl sites for hydroxylation is 2. The maximum atomic E-state index is 11.0. The van der Waals surface area contributed by atoms with Gasteiger partial charge in [-0.1, -0.05) is 13.5 Å². The van der Waals surface area contributed by atoms with E-state index in [1.807, 2.05) is 0 Å². The van der Waals surface area contributed by atoms with E-state index in [4.69, 9.17) is 4.55 Å². The van der Waals surface area contributed by atoms with Crippen LogP contribution in [0.2, 0.25) is 0 Å². The molecular weight excluding hydrogens is 396 g/mol. The second-order valence-electron chi connectivity index (χ2n) is 3.99. The first-order chi connectivity index (χ1) is 9.21. The Balaban J connectivity index is 0. The van der Waals surface area contributed by atoms with Crippen LogP contribution in [0, 0.1) is 13.8 Å². The van der Waals surface area contributed by atoms with Crippen molar-refractivity contribution in [3.05, 3.63) is 23.3 Å². The number of benzene rings is 1. The molecule has 0 aliphatic carbocycles. The van der Waals surface area contributed by atoms with Crippen LogP contribution >= 0.6 is 38.9 Å². The lowest BCUT2D eigenvalue weighted by atomic mass is 10.1. The van der Waals surface area contributed by atoms with Gasteiger partial charge in [0.15, 0.2) is 0 Å². The Morgan fingerprint density at radius 3 is 1.91 bits per heavy atom. The van der Waals surface area contributed by atoms with E-state index in [1.165, 1.54) is 13.0 Å². The van der Waals surface area contributed by atoms with Gasteiger partial charge in [0.25, 0.3) is 10.1 Å². The van der Waals surface area contributed by atoms with Gasteiger partial charge in [0.1, 0.15) is 0 Å². The van der Waals surface area contributed by atoms with Crippen LogP contribution < -0.4 is 5.32 Å². The second kappa shape index (κ2) is 9.11. The molecule has 128 valence electrons. The molecule has 1 aromatic rings. The van der Waals surface area contributed by atoms with Gasteiger partial charge in [-0.2, -0.15) is 8.42 Å². The SMILES string of the molecule is C.CC(=O)Nc1cc(S(=O)(=O)O)c(C)cc1C.O=P(Cl)(Cl)Cl. The molecule has 1 aromatic carbocycles. The van der Waals surface area contributed by atoms with Gasteiger partial charge in [-0.3, -0.25) is 13.9 Å². The van der Waals surface area contributed by atoms with Gasteiger partial charge in [0, 0.05) is 12.6 Å². The van der Waals surface area contributed by atoms with Gasteiger partial charge in [-0.25, -0.2) is 0 Å². The molecule has 0 aliphatic rings. The zero-order chi connectivity index (χ0) is 17.0. The lowest BCUT2D eigenvalue weighted by Gasteiger charge is -2.10. The summed E-state index contributed by atoms with van der Waals surface area (Å²) in [6.45, 7) is 4.64. The van der Waals surface area contributed by atoms with Crippen molar-refractivity contribution < 1.29 is 22.3 Å².